The fourth-order valence-electron chi connectivity index (χ4n) is 3.61. The molecule has 4 heteroatoms. The van der Waals surface area contributed by atoms with Gasteiger partial charge in [-0.25, -0.2) is 0 Å². The number of nitrogens with zero attached hydrogens (tertiary/aromatic N) is 4. The number of anilines is 1. The average Bonchev–Trinajstić information content (AvgIpc) is 2.56. The highest BCUT2D eigenvalue weighted by Gasteiger charge is 2.26. The molecule has 0 aliphatic carbocycles. The summed E-state index contributed by atoms with van der Waals surface area (Å²) in [6, 6.07) is 3.11. The van der Waals surface area contributed by atoms with Gasteiger partial charge in [0.25, 0.3) is 0 Å². The van der Waals surface area contributed by atoms with Crippen LogP contribution in [0.1, 0.15) is 38.2 Å². The Bertz CT molecular complexity index is 472. The Morgan fingerprint density at radius 3 is 2.32 bits per heavy atom. The summed E-state index contributed by atoms with van der Waals surface area (Å²) < 4.78 is 0. The Balaban J connectivity index is 1.56. The third-order valence-corrected chi connectivity index (χ3v) is 5.30. The monoisotopic (exact) mass is 302 g/mol. The van der Waals surface area contributed by atoms with Gasteiger partial charge in [-0.2, -0.15) is 0 Å². The van der Waals surface area contributed by atoms with Crippen molar-refractivity contribution in [2.45, 2.75) is 38.6 Å². The highest BCUT2D eigenvalue weighted by atomic mass is 15.3. The Morgan fingerprint density at radius 2 is 1.68 bits per heavy atom. The second-order valence-corrected chi connectivity index (χ2v) is 7.19. The lowest BCUT2D eigenvalue weighted by Crippen LogP contribution is -2.52. The molecular formula is C18H30N4. The predicted octanol–water partition coefficient (Wildman–Crippen LogP) is 2.42. The van der Waals surface area contributed by atoms with Crippen LogP contribution in [-0.2, 0) is 0 Å². The molecular weight excluding hydrogens is 272 g/mol. The number of piperidine rings is 1. The van der Waals surface area contributed by atoms with Gasteiger partial charge in [-0.3, -0.25) is 9.88 Å². The van der Waals surface area contributed by atoms with E-state index in [0.29, 0.717) is 5.92 Å². The van der Waals surface area contributed by atoms with E-state index in [9.17, 15) is 0 Å². The molecule has 0 N–H and O–H groups in total. The number of piperazine rings is 1. The van der Waals surface area contributed by atoms with Gasteiger partial charge in [0.2, 0.25) is 0 Å². The van der Waals surface area contributed by atoms with Crippen molar-refractivity contribution < 1.29 is 0 Å². The van der Waals surface area contributed by atoms with Crippen molar-refractivity contribution in [1.82, 2.24) is 14.8 Å². The van der Waals surface area contributed by atoms with E-state index < -0.39 is 0 Å². The maximum absolute atomic E-state index is 4.44. The highest BCUT2D eigenvalue weighted by Crippen LogP contribution is 2.25. The Kier molecular flexibility index (Phi) is 4.99. The van der Waals surface area contributed by atoms with Gasteiger partial charge in [-0.1, -0.05) is 13.8 Å². The lowest BCUT2D eigenvalue weighted by Gasteiger charge is -2.42. The van der Waals surface area contributed by atoms with Crippen LogP contribution < -0.4 is 4.90 Å². The van der Waals surface area contributed by atoms with Gasteiger partial charge in [0.15, 0.2) is 0 Å². The maximum Gasteiger partial charge on any atom is 0.0555 e. The van der Waals surface area contributed by atoms with Crippen LogP contribution in [0, 0.1) is 0 Å². The third kappa shape index (κ3) is 3.61. The molecule has 0 spiro atoms. The summed E-state index contributed by atoms with van der Waals surface area (Å²) in [6.07, 6.45) is 6.61. The van der Waals surface area contributed by atoms with E-state index in [1.165, 1.54) is 63.4 Å². The molecule has 0 radical (unpaired) electrons. The summed E-state index contributed by atoms with van der Waals surface area (Å²) >= 11 is 0. The second kappa shape index (κ2) is 6.97. The van der Waals surface area contributed by atoms with E-state index in [1.807, 2.05) is 12.4 Å². The smallest absolute Gasteiger partial charge is 0.0555 e. The van der Waals surface area contributed by atoms with Crippen molar-refractivity contribution in [3.05, 3.63) is 24.0 Å². The van der Waals surface area contributed by atoms with Crippen molar-refractivity contribution in [2.24, 2.45) is 0 Å². The van der Waals surface area contributed by atoms with Gasteiger partial charge in [-0.15, -0.1) is 0 Å². The zero-order valence-electron chi connectivity index (χ0n) is 14.3. The van der Waals surface area contributed by atoms with Gasteiger partial charge in [0.05, 0.1) is 11.9 Å². The van der Waals surface area contributed by atoms with Crippen LogP contribution in [0.4, 0.5) is 5.69 Å². The summed E-state index contributed by atoms with van der Waals surface area (Å²) in [5.74, 6) is 0.551. The van der Waals surface area contributed by atoms with Crippen molar-refractivity contribution in [3.63, 3.8) is 0 Å². The maximum atomic E-state index is 4.44. The minimum absolute atomic E-state index is 0.551. The number of pyridine rings is 1. The predicted molar refractivity (Wildman–Crippen MR) is 92.6 cm³/mol. The summed E-state index contributed by atoms with van der Waals surface area (Å²) in [6.45, 7) is 11.7. The normalized spacial score (nSPS) is 22.5. The molecule has 2 aliphatic heterocycles. The van der Waals surface area contributed by atoms with Crippen LogP contribution in [0.2, 0.25) is 0 Å². The SMILES string of the molecule is CC(C)c1cncc(N2CCC(N3CCN(C)CC3)CC2)c1. The summed E-state index contributed by atoms with van der Waals surface area (Å²) in [4.78, 5) is 12.1. The van der Waals surface area contributed by atoms with E-state index >= 15 is 0 Å². The zero-order chi connectivity index (χ0) is 15.5. The zero-order valence-corrected chi connectivity index (χ0v) is 14.3. The minimum Gasteiger partial charge on any atom is -0.370 e. The quantitative estimate of drug-likeness (QED) is 0.855. The van der Waals surface area contributed by atoms with Crippen molar-refractivity contribution >= 4 is 5.69 Å². The van der Waals surface area contributed by atoms with Crippen LogP contribution >= 0.6 is 0 Å². The molecule has 0 saturated carbocycles. The molecule has 1 aromatic heterocycles. The van der Waals surface area contributed by atoms with E-state index in [2.05, 4.69) is 46.6 Å². The summed E-state index contributed by atoms with van der Waals surface area (Å²) in [5, 5.41) is 0. The van der Waals surface area contributed by atoms with Gasteiger partial charge in [0, 0.05) is 51.5 Å². The Hall–Kier alpha value is -1.13. The van der Waals surface area contributed by atoms with Crippen molar-refractivity contribution in [1.29, 1.82) is 0 Å². The third-order valence-electron chi connectivity index (χ3n) is 5.30. The summed E-state index contributed by atoms with van der Waals surface area (Å²) in [5.41, 5.74) is 2.65. The molecule has 0 unspecified atom stereocenters. The molecule has 2 aliphatic rings. The number of aromatic nitrogens is 1. The van der Waals surface area contributed by atoms with E-state index in [4.69, 9.17) is 0 Å². The van der Waals surface area contributed by atoms with Gasteiger partial charge in [0.1, 0.15) is 0 Å². The number of likely N-dealkylation sites (N-methyl/N-ethyl adjacent to an activating group) is 1. The first-order chi connectivity index (χ1) is 10.6. The minimum atomic E-state index is 0.551. The molecule has 22 heavy (non-hydrogen) atoms. The average molecular weight is 302 g/mol. The molecule has 2 saturated heterocycles. The fourth-order valence-corrected chi connectivity index (χ4v) is 3.61. The van der Waals surface area contributed by atoms with Crippen LogP contribution in [0.15, 0.2) is 18.5 Å². The molecule has 1 aromatic rings. The van der Waals surface area contributed by atoms with Crippen LogP contribution in [-0.4, -0.2) is 67.1 Å². The molecule has 122 valence electrons. The molecule has 3 heterocycles. The lowest BCUT2D eigenvalue weighted by molar-refractivity contribution is 0.0982. The Labute approximate surface area is 135 Å². The van der Waals surface area contributed by atoms with Gasteiger partial charge in [-0.05, 0) is 37.4 Å². The van der Waals surface area contributed by atoms with Gasteiger partial charge < -0.3 is 9.80 Å². The lowest BCUT2D eigenvalue weighted by atomic mass is 10.0. The molecule has 0 atom stereocenters. The van der Waals surface area contributed by atoms with E-state index in [0.717, 1.165) is 6.04 Å². The first-order valence-electron chi connectivity index (χ1n) is 8.76. The number of hydrogen-bond acceptors (Lipinski definition) is 4. The largest absolute Gasteiger partial charge is 0.370 e. The highest BCUT2D eigenvalue weighted by molar-refractivity contribution is 5.47. The van der Waals surface area contributed by atoms with E-state index in [-0.39, 0.29) is 0 Å². The fraction of sp³-hybridized carbons (Fsp3) is 0.722. The molecule has 0 bridgehead atoms. The number of hydrogen-bond donors (Lipinski definition) is 0. The van der Waals surface area contributed by atoms with Crippen molar-refractivity contribution in [3.8, 4) is 0 Å². The van der Waals surface area contributed by atoms with Crippen LogP contribution in [0.5, 0.6) is 0 Å². The summed E-state index contributed by atoms with van der Waals surface area (Å²) in [7, 11) is 2.23. The topological polar surface area (TPSA) is 22.6 Å². The molecule has 2 fully saturated rings. The number of rotatable bonds is 3. The second-order valence-electron chi connectivity index (χ2n) is 7.19. The Morgan fingerprint density at radius 1 is 1.00 bits per heavy atom. The van der Waals surface area contributed by atoms with Crippen LogP contribution in [0.3, 0.4) is 0 Å². The van der Waals surface area contributed by atoms with Crippen molar-refractivity contribution in [2.75, 3.05) is 51.2 Å². The first kappa shape index (κ1) is 15.8. The van der Waals surface area contributed by atoms with E-state index in [1.54, 1.807) is 0 Å². The van der Waals surface area contributed by atoms with Crippen LogP contribution in [0.25, 0.3) is 0 Å². The first-order valence-corrected chi connectivity index (χ1v) is 8.76. The van der Waals surface area contributed by atoms with Gasteiger partial charge >= 0.3 is 0 Å². The molecule has 4 nitrogen and oxygen atoms in total. The molecule has 3 rings (SSSR count). The molecule has 0 aromatic carbocycles. The molecule has 0 amide bonds. The standard InChI is InChI=1S/C18H30N4/c1-15(2)16-12-18(14-19-13-16)21-6-4-17(5-7-21)22-10-8-20(3)9-11-22/h12-15,17H,4-11H2,1-3H3.